The van der Waals surface area contributed by atoms with Gasteiger partial charge in [0.25, 0.3) is 5.91 Å². The zero-order valence-corrected chi connectivity index (χ0v) is 11.4. The van der Waals surface area contributed by atoms with Gasteiger partial charge in [0.05, 0.1) is 5.56 Å². The fourth-order valence-corrected chi connectivity index (χ4v) is 2.28. The second kappa shape index (κ2) is 5.60. The lowest BCUT2D eigenvalue weighted by atomic mass is 9.91. The zero-order valence-electron chi connectivity index (χ0n) is 11.4. The van der Waals surface area contributed by atoms with Crippen LogP contribution in [0.5, 0.6) is 0 Å². The molecule has 0 unspecified atom stereocenters. The monoisotopic (exact) mass is 317 g/mol. The van der Waals surface area contributed by atoms with E-state index in [1.54, 1.807) is 0 Å². The molecule has 1 amide bonds. The molecule has 2 N–H and O–H groups in total. The van der Waals surface area contributed by atoms with E-state index in [1.165, 1.54) is 4.90 Å². The lowest BCUT2D eigenvalue weighted by Crippen LogP contribution is -2.50. The number of aliphatic hydroxyl groups is 1. The Hall–Kier alpha value is -2.09. The molecule has 0 spiro atoms. The van der Waals surface area contributed by atoms with E-state index >= 15 is 0 Å². The van der Waals surface area contributed by atoms with Gasteiger partial charge in [-0.2, -0.15) is 13.2 Å². The van der Waals surface area contributed by atoms with Gasteiger partial charge in [0.1, 0.15) is 0 Å². The molecule has 1 saturated heterocycles. The molecule has 1 fully saturated rings. The lowest BCUT2D eigenvalue weighted by Gasteiger charge is -2.35. The summed E-state index contributed by atoms with van der Waals surface area (Å²) < 4.78 is 37.4. The van der Waals surface area contributed by atoms with E-state index in [9.17, 15) is 27.9 Å². The number of likely N-dealkylation sites (tertiary alicyclic amines) is 1. The van der Waals surface area contributed by atoms with Gasteiger partial charge in [-0.3, -0.25) is 4.79 Å². The van der Waals surface area contributed by atoms with Crippen molar-refractivity contribution in [2.75, 3.05) is 13.1 Å². The average Bonchev–Trinajstić information content (AvgIpc) is 2.46. The molecule has 1 aromatic rings. The minimum atomic E-state index is -4.47. The average molecular weight is 317 g/mol. The minimum Gasteiger partial charge on any atom is -0.479 e. The van der Waals surface area contributed by atoms with Gasteiger partial charge >= 0.3 is 12.1 Å². The standard InChI is InChI=1S/C14H14F3NO4/c15-14(16,17)10-3-1-9(2-4-10)11(19)18-7-5-13(22,6-8-18)12(20)21/h1-4,22H,5-8H2,(H,20,21). The maximum absolute atomic E-state index is 12.5. The number of halogens is 3. The Labute approximate surface area is 124 Å². The lowest BCUT2D eigenvalue weighted by molar-refractivity contribution is -0.162. The topological polar surface area (TPSA) is 77.8 Å². The van der Waals surface area contributed by atoms with Crippen molar-refractivity contribution < 1.29 is 33.0 Å². The maximum Gasteiger partial charge on any atom is 0.416 e. The van der Waals surface area contributed by atoms with Crippen molar-refractivity contribution in [3.05, 3.63) is 35.4 Å². The number of benzene rings is 1. The van der Waals surface area contributed by atoms with Crippen LogP contribution in [0.15, 0.2) is 24.3 Å². The summed E-state index contributed by atoms with van der Waals surface area (Å²) in [6.07, 6.45) is -4.70. The Morgan fingerprint density at radius 2 is 1.59 bits per heavy atom. The fraction of sp³-hybridized carbons (Fsp3) is 0.429. The molecule has 0 atom stereocenters. The first-order valence-electron chi connectivity index (χ1n) is 6.56. The second-order valence-electron chi connectivity index (χ2n) is 5.20. The number of rotatable bonds is 2. The number of carboxylic acids is 1. The first-order chi connectivity index (χ1) is 10.1. The van der Waals surface area contributed by atoms with E-state index in [0.717, 1.165) is 24.3 Å². The third-order valence-corrected chi connectivity index (χ3v) is 3.74. The van der Waals surface area contributed by atoms with Crippen LogP contribution in [0.2, 0.25) is 0 Å². The normalized spacial score (nSPS) is 18.1. The summed E-state index contributed by atoms with van der Waals surface area (Å²) in [5.41, 5.74) is -2.60. The van der Waals surface area contributed by atoms with E-state index in [1.807, 2.05) is 0 Å². The van der Waals surface area contributed by atoms with Crippen molar-refractivity contribution in [1.82, 2.24) is 4.90 Å². The van der Waals surface area contributed by atoms with Gasteiger partial charge in [-0.05, 0) is 24.3 Å². The summed E-state index contributed by atoms with van der Waals surface area (Å²) in [6.45, 7) is 0.0608. The predicted molar refractivity (Wildman–Crippen MR) is 69.2 cm³/mol. The molecule has 1 aliphatic heterocycles. The van der Waals surface area contributed by atoms with Crippen LogP contribution in [0.25, 0.3) is 0 Å². The molecule has 8 heteroatoms. The van der Waals surface area contributed by atoms with Crippen LogP contribution in [0.3, 0.4) is 0 Å². The van der Waals surface area contributed by atoms with Crippen LogP contribution in [0.1, 0.15) is 28.8 Å². The van der Waals surface area contributed by atoms with E-state index in [4.69, 9.17) is 5.11 Å². The summed E-state index contributed by atoms with van der Waals surface area (Å²) in [7, 11) is 0. The fourth-order valence-electron chi connectivity index (χ4n) is 2.28. The number of hydrogen-bond donors (Lipinski definition) is 2. The first-order valence-corrected chi connectivity index (χ1v) is 6.56. The molecule has 0 bridgehead atoms. The smallest absolute Gasteiger partial charge is 0.416 e. The molecule has 0 saturated carbocycles. The number of amides is 1. The van der Waals surface area contributed by atoms with E-state index in [2.05, 4.69) is 0 Å². The van der Waals surface area contributed by atoms with Crippen molar-refractivity contribution >= 4 is 11.9 Å². The minimum absolute atomic E-state index is 0.0304. The summed E-state index contributed by atoms with van der Waals surface area (Å²) in [6, 6.07) is 3.82. The molecule has 0 aromatic heterocycles. The molecule has 22 heavy (non-hydrogen) atoms. The Morgan fingerprint density at radius 1 is 1.09 bits per heavy atom. The number of piperidine rings is 1. The highest BCUT2D eigenvalue weighted by molar-refractivity contribution is 5.94. The summed E-state index contributed by atoms with van der Waals surface area (Å²) >= 11 is 0. The van der Waals surface area contributed by atoms with E-state index < -0.39 is 29.2 Å². The van der Waals surface area contributed by atoms with Crippen molar-refractivity contribution in [3.63, 3.8) is 0 Å². The van der Waals surface area contributed by atoms with Gasteiger partial charge in [0.2, 0.25) is 0 Å². The molecular weight excluding hydrogens is 303 g/mol. The third-order valence-electron chi connectivity index (χ3n) is 3.74. The molecule has 0 radical (unpaired) electrons. The summed E-state index contributed by atoms with van der Waals surface area (Å²) in [5, 5.41) is 18.7. The van der Waals surface area contributed by atoms with Gasteiger partial charge in [-0.15, -0.1) is 0 Å². The van der Waals surface area contributed by atoms with Gasteiger partial charge in [-0.25, -0.2) is 4.79 Å². The third kappa shape index (κ3) is 3.22. The van der Waals surface area contributed by atoms with Gasteiger partial charge < -0.3 is 15.1 Å². The molecule has 5 nitrogen and oxygen atoms in total. The number of carbonyl (C=O) groups is 2. The SMILES string of the molecule is O=C(c1ccc(C(F)(F)F)cc1)N1CCC(O)(C(=O)O)CC1. The number of carbonyl (C=O) groups excluding carboxylic acids is 1. The maximum atomic E-state index is 12.5. The Morgan fingerprint density at radius 3 is 2.00 bits per heavy atom. The molecule has 1 aliphatic rings. The highest BCUT2D eigenvalue weighted by atomic mass is 19.4. The van der Waals surface area contributed by atoms with E-state index in [-0.39, 0.29) is 31.5 Å². The number of nitrogens with zero attached hydrogens (tertiary/aromatic N) is 1. The Bertz CT molecular complexity index is 575. The van der Waals surface area contributed by atoms with Crippen molar-refractivity contribution in [2.45, 2.75) is 24.6 Å². The molecule has 1 aromatic carbocycles. The van der Waals surface area contributed by atoms with Gasteiger partial charge in [-0.1, -0.05) is 0 Å². The van der Waals surface area contributed by atoms with Crippen LogP contribution in [0, 0.1) is 0 Å². The Balaban J connectivity index is 2.06. The highest BCUT2D eigenvalue weighted by Gasteiger charge is 2.40. The quantitative estimate of drug-likeness (QED) is 0.871. The predicted octanol–water partition coefficient (Wildman–Crippen LogP) is 1.76. The van der Waals surface area contributed by atoms with Crippen LogP contribution in [-0.2, 0) is 11.0 Å². The highest BCUT2D eigenvalue weighted by Crippen LogP contribution is 2.29. The molecule has 0 aliphatic carbocycles. The van der Waals surface area contributed by atoms with Crippen LogP contribution in [0.4, 0.5) is 13.2 Å². The van der Waals surface area contributed by atoms with Crippen molar-refractivity contribution in [3.8, 4) is 0 Å². The van der Waals surface area contributed by atoms with Crippen LogP contribution in [-0.4, -0.2) is 45.7 Å². The number of aliphatic carboxylic acids is 1. The molecule has 120 valence electrons. The van der Waals surface area contributed by atoms with Crippen molar-refractivity contribution in [1.29, 1.82) is 0 Å². The second-order valence-corrected chi connectivity index (χ2v) is 5.20. The summed E-state index contributed by atoms with van der Waals surface area (Å²) in [4.78, 5) is 24.4. The van der Waals surface area contributed by atoms with Crippen LogP contribution < -0.4 is 0 Å². The first kappa shape index (κ1) is 16.3. The van der Waals surface area contributed by atoms with Gasteiger partial charge in [0, 0.05) is 31.5 Å². The molecule has 2 rings (SSSR count). The number of hydrogen-bond acceptors (Lipinski definition) is 3. The van der Waals surface area contributed by atoms with Crippen LogP contribution >= 0.6 is 0 Å². The van der Waals surface area contributed by atoms with E-state index in [0.29, 0.717) is 0 Å². The number of carboxylic acid groups (broad SMARTS) is 1. The van der Waals surface area contributed by atoms with Gasteiger partial charge in [0.15, 0.2) is 5.60 Å². The summed E-state index contributed by atoms with van der Waals surface area (Å²) in [5.74, 6) is -1.82. The Kier molecular flexibility index (Phi) is 4.15. The van der Waals surface area contributed by atoms with Crippen molar-refractivity contribution in [2.24, 2.45) is 0 Å². The zero-order chi connectivity index (χ0) is 16.5. The largest absolute Gasteiger partial charge is 0.479 e. The number of alkyl halides is 3. The molecular formula is C14H14F3NO4. The molecule has 1 heterocycles.